The summed E-state index contributed by atoms with van der Waals surface area (Å²) in [6.07, 6.45) is -17.0. The minimum Gasteiger partial charge on any atom is -0.394 e. The van der Waals surface area contributed by atoms with Gasteiger partial charge in [0.15, 0.2) is 12.4 Å². The van der Waals surface area contributed by atoms with Crippen LogP contribution in [0.1, 0.15) is 6.42 Å². The molecule has 1 saturated heterocycles. The molecule has 1 amide bonds. The van der Waals surface area contributed by atoms with Gasteiger partial charge < -0.3 is 70.0 Å². The van der Waals surface area contributed by atoms with Crippen LogP contribution in [0.4, 0.5) is 0 Å². The molecule has 1 aliphatic heterocycles. The van der Waals surface area contributed by atoms with Crippen molar-refractivity contribution < 1.29 is 69.5 Å². The van der Waals surface area contributed by atoms with E-state index in [1.807, 2.05) is 0 Å². The minimum atomic E-state index is -4.30. The molecule has 0 bridgehead atoms. The number of ether oxygens (including phenoxy) is 2. The normalized spacial score (nSPS) is 31.0. The van der Waals surface area contributed by atoms with Crippen molar-refractivity contribution in [3.05, 3.63) is 0 Å². The number of nitrogens with one attached hydrogen (secondary N) is 1. The molecule has 184 valence electrons. The third-order valence-electron chi connectivity index (χ3n) is 4.62. The second kappa shape index (κ2) is 12.4. The van der Waals surface area contributed by atoms with E-state index in [-0.39, 0.29) is 13.0 Å². The Hall–Kier alpha value is -0.833. The van der Waals surface area contributed by atoms with Gasteiger partial charge in [0.05, 0.1) is 13.2 Å². The average molecular weight is 477 g/mol. The van der Waals surface area contributed by atoms with E-state index in [0.29, 0.717) is 0 Å². The zero-order valence-corrected chi connectivity index (χ0v) is 17.4. The first-order valence-electron chi connectivity index (χ1n) is 9.40. The second-order valence-electron chi connectivity index (χ2n) is 7.15. The average Bonchev–Trinajstić information content (AvgIpc) is 2.72. The minimum absolute atomic E-state index is 0.0612. The highest BCUT2D eigenvalue weighted by molar-refractivity contribution is 6.56. The lowest BCUT2D eigenvalue weighted by Gasteiger charge is -2.42. The summed E-state index contributed by atoms with van der Waals surface area (Å²) in [6, 6.07) is -0.391. The molecule has 9 atom stereocenters. The van der Waals surface area contributed by atoms with E-state index >= 15 is 0 Å². The molecule has 31 heavy (non-hydrogen) atoms. The number of rotatable bonds is 12. The SMILES string of the molecule is O=C(NCCC[Si](O)(O)O)[C@H](O)[C@@H](O)[C@H](O[C@@H]1O[C@H](CO)[C@H](O)[C@H](O)[C@H]1O)[C@H](O)CO. The van der Waals surface area contributed by atoms with Gasteiger partial charge in [0.1, 0.15) is 42.7 Å². The van der Waals surface area contributed by atoms with E-state index in [9.17, 15) is 45.6 Å². The highest BCUT2D eigenvalue weighted by Gasteiger charge is 2.47. The second-order valence-corrected chi connectivity index (χ2v) is 9.20. The maximum Gasteiger partial charge on any atom is 0.492 e. The van der Waals surface area contributed by atoms with Gasteiger partial charge in [-0.2, -0.15) is 0 Å². The fourth-order valence-electron chi connectivity index (χ4n) is 2.81. The molecule has 1 aliphatic rings. The molecule has 1 fully saturated rings. The molecular formula is C15H31NO14Si. The molecule has 15 nitrogen and oxygen atoms in total. The van der Waals surface area contributed by atoms with Crippen LogP contribution >= 0.6 is 0 Å². The van der Waals surface area contributed by atoms with Crippen LogP contribution in [0.3, 0.4) is 0 Å². The van der Waals surface area contributed by atoms with E-state index < -0.39 is 89.1 Å². The lowest BCUT2D eigenvalue weighted by Crippen LogP contribution is -2.62. The van der Waals surface area contributed by atoms with Gasteiger partial charge in [-0.05, 0) is 6.42 Å². The van der Waals surface area contributed by atoms with E-state index in [2.05, 4.69) is 5.32 Å². The van der Waals surface area contributed by atoms with Crippen molar-refractivity contribution in [2.75, 3.05) is 19.8 Å². The number of carbonyl (C=O) groups excluding carboxylic acids is 1. The highest BCUT2D eigenvalue weighted by Crippen LogP contribution is 2.25. The first-order valence-corrected chi connectivity index (χ1v) is 11.4. The van der Waals surface area contributed by atoms with Crippen LogP contribution in [0.5, 0.6) is 0 Å². The van der Waals surface area contributed by atoms with E-state index in [1.165, 1.54) is 0 Å². The van der Waals surface area contributed by atoms with E-state index in [0.717, 1.165) is 0 Å². The number of hydrogen-bond acceptors (Lipinski definition) is 14. The standard InChI is InChI=1S/C15H31NO14Si/c17-4-6(19)13(30-15-12(24)9(21)8(20)7(5-18)29-15)10(22)11(23)14(25)16-2-1-3-31(26,27)28/h6-13,15,17-24,26-28H,1-5H2,(H,16,25)/t6-,7-,8+,9+,10-,11-,12-,13-,15+/m1/s1. The Morgan fingerprint density at radius 3 is 2.16 bits per heavy atom. The van der Waals surface area contributed by atoms with Crippen LogP contribution in [-0.4, -0.2) is 145 Å². The smallest absolute Gasteiger partial charge is 0.394 e. The molecule has 16 heteroatoms. The lowest BCUT2D eigenvalue weighted by atomic mass is 9.98. The fraction of sp³-hybridized carbons (Fsp3) is 0.933. The largest absolute Gasteiger partial charge is 0.492 e. The van der Waals surface area contributed by atoms with Gasteiger partial charge >= 0.3 is 8.80 Å². The topological polar surface area (TPSA) is 270 Å². The zero-order chi connectivity index (χ0) is 23.9. The molecular weight excluding hydrogens is 446 g/mol. The summed E-state index contributed by atoms with van der Waals surface area (Å²) in [4.78, 5) is 38.7. The van der Waals surface area contributed by atoms with Crippen molar-refractivity contribution >= 4 is 14.7 Å². The molecule has 1 heterocycles. The molecule has 0 aliphatic carbocycles. The summed E-state index contributed by atoms with van der Waals surface area (Å²) in [7, 11) is -4.30. The predicted octanol–water partition coefficient (Wildman–Crippen LogP) is -7.33. The van der Waals surface area contributed by atoms with Crippen LogP contribution in [0, 0.1) is 0 Å². The lowest BCUT2D eigenvalue weighted by molar-refractivity contribution is -0.326. The van der Waals surface area contributed by atoms with Gasteiger partial charge in [-0.15, -0.1) is 0 Å². The van der Waals surface area contributed by atoms with E-state index in [1.54, 1.807) is 0 Å². The molecule has 0 spiro atoms. The molecule has 0 radical (unpaired) electrons. The number of aliphatic hydroxyl groups excluding tert-OH is 8. The predicted molar refractivity (Wildman–Crippen MR) is 98.6 cm³/mol. The Labute approximate surface area is 177 Å². The van der Waals surface area contributed by atoms with E-state index in [4.69, 9.17) is 23.9 Å². The number of amides is 1. The van der Waals surface area contributed by atoms with Crippen LogP contribution in [0.2, 0.25) is 6.04 Å². The van der Waals surface area contributed by atoms with Crippen LogP contribution < -0.4 is 5.32 Å². The maximum absolute atomic E-state index is 12.0. The first kappa shape index (κ1) is 28.2. The Morgan fingerprint density at radius 2 is 1.65 bits per heavy atom. The molecule has 0 aromatic carbocycles. The molecule has 0 aromatic rings. The highest BCUT2D eigenvalue weighted by atomic mass is 28.4. The Kier molecular flexibility index (Phi) is 11.3. The van der Waals surface area contributed by atoms with Gasteiger partial charge in [-0.3, -0.25) is 4.79 Å². The molecule has 0 aromatic heterocycles. The number of carbonyl (C=O) groups is 1. The van der Waals surface area contributed by atoms with Gasteiger partial charge in [0, 0.05) is 12.6 Å². The fourth-order valence-corrected chi connectivity index (χ4v) is 3.46. The van der Waals surface area contributed by atoms with Crippen molar-refractivity contribution in [2.45, 2.75) is 67.6 Å². The summed E-state index contributed by atoms with van der Waals surface area (Å²) in [5, 5.41) is 80.3. The van der Waals surface area contributed by atoms with Crippen molar-refractivity contribution in [1.29, 1.82) is 0 Å². The van der Waals surface area contributed by atoms with Crippen molar-refractivity contribution in [3.63, 3.8) is 0 Å². The molecule has 1 rings (SSSR count). The summed E-state index contributed by atoms with van der Waals surface area (Å²) in [5.41, 5.74) is 0. The summed E-state index contributed by atoms with van der Waals surface area (Å²) < 4.78 is 10.2. The quantitative estimate of drug-likeness (QED) is 0.0919. The number of aliphatic hydroxyl groups is 8. The van der Waals surface area contributed by atoms with Gasteiger partial charge in [-0.25, -0.2) is 0 Å². The first-order chi connectivity index (χ1) is 14.3. The summed E-state index contributed by atoms with van der Waals surface area (Å²) >= 11 is 0. The molecule has 0 unspecified atom stereocenters. The summed E-state index contributed by atoms with van der Waals surface area (Å²) in [6.45, 7) is -2.01. The Morgan fingerprint density at radius 1 is 1.03 bits per heavy atom. The Bertz CT molecular complexity index is 548. The summed E-state index contributed by atoms with van der Waals surface area (Å²) in [5.74, 6) is -1.17. The third-order valence-corrected chi connectivity index (χ3v) is 5.65. The van der Waals surface area contributed by atoms with Gasteiger partial charge in [-0.1, -0.05) is 0 Å². The molecule has 0 saturated carbocycles. The maximum atomic E-state index is 12.0. The van der Waals surface area contributed by atoms with Crippen molar-refractivity contribution in [2.24, 2.45) is 0 Å². The van der Waals surface area contributed by atoms with Crippen molar-refractivity contribution in [1.82, 2.24) is 5.32 Å². The Balaban J connectivity index is 2.80. The van der Waals surface area contributed by atoms with Crippen LogP contribution in [0.15, 0.2) is 0 Å². The zero-order valence-electron chi connectivity index (χ0n) is 16.4. The monoisotopic (exact) mass is 477 g/mol. The van der Waals surface area contributed by atoms with Crippen molar-refractivity contribution in [3.8, 4) is 0 Å². The molecule has 12 N–H and O–H groups in total. The number of hydrogen-bond donors (Lipinski definition) is 12. The van der Waals surface area contributed by atoms with Gasteiger partial charge in [0.2, 0.25) is 0 Å². The van der Waals surface area contributed by atoms with Crippen LogP contribution in [-0.2, 0) is 14.3 Å². The van der Waals surface area contributed by atoms with Gasteiger partial charge in [0.25, 0.3) is 5.91 Å². The van der Waals surface area contributed by atoms with Crippen LogP contribution in [0.25, 0.3) is 0 Å². The third kappa shape index (κ3) is 8.22.